The van der Waals surface area contributed by atoms with E-state index in [2.05, 4.69) is 21.2 Å². The van der Waals surface area contributed by atoms with Gasteiger partial charge in [-0.3, -0.25) is 14.4 Å². The van der Waals surface area contributed by atoms with Crippen molar-refractivity contribution >= 4 is 39.4 Å². The third-order valence-corrected chi connectivity index (χ3v) is 5.22. The average molecular weight is 381 g/mol. The number of carbonyl (C=O) groups excluding carboxylic acids is 2. The summed E-state index contributed by atoms with van der Waals surface area (Å²) in [5.41, 5.74) is -0.0440. The molecule has 1 aliphatic carbocycles. The summed E-state index contributed by atoms with van der Waals surface area (Å²) in [5.74, 6) is -1.66. The molecule has 1 unspecified atom stereocenters. The Labute approximate surface area is 142 Å². The second-order valence-electron chi connectivity index (χ2n) is 6.16. The number of nitrogens with zero attached hydrogens (tertiary/aromatic N) is 1. The second-order valence-corrected chi connectivity index (χ2v) is 7.01. The van der Waals surface area contributed by atoms with E-state index in [1.54, 1.807) is 4.90 Å². The number of benzene rings is 1. The first-order chi connectivity index (χ1) is 10.9. The number of para-hydroxylation sites is 1. The van der Waals surface area contributed by atoms with Gasteiger partial charge in [0.2, 0.25) is 11.8 Å². The molecule has 1 atom stereocenters. The maximum atomic E-state index is 12.3. The minimum absolute atomic E-state index is 0.101. The first-order valence-electron chi connectivity index (χ1n) is 7.49. The number of hydrogen-bond donors (Lipinski definition) is 2. The number of aliphatic carboxylic acids is 1. The van der Waals surface area contributed by atoms with Crippen molar-refractivity contribution in [2.45, 2.75) is 19.3 Å². The highest BCUT2D eigenvalue weighted by molar-refractivity contribution is 9.10. The molecule has 7 heteroatoms. The van der Waals surface area contributed by atoms with Crippen molar-refractivity contribution in [2.24, 2.45) is 11.3 Å². The Morgan fingerprint density at radius 2 is 2.04 bits per heavy atom. The van der Waals surface area contributed by atoms with Crippen molar-refractivity contribution in [3.8, 4) is 0 Å². The van der Waals surface area contributed by atoms with E-state index in [1.807, 2.05) is 24.3 Å². The van der Waals surface area contributed by atoms with E-state index >= 15 is 0 Å². The Hall–Kier alpha value is -1.89. The van der Waals surface area contributed by atoms with Crippen LogP contribution in [0.25, 0.3) is 0 Å². The summed E-state index contributed by atoms with van der Waals surface area (Å²) in [7, 11) is 0. The molecule has 1 saturated carbocycles. The van der Waals surface area contributed by atoms with Gasteiger partial charge < -0.3 is 15.3 Å². The van der Waals surface area contributed by atoms with Crippen LogP contribution in [0.3, 0.4) is 0 Å². The van der Waals surface area contributed by atoms with Gasteiger partial charge >= 0.3 is 5.97 Å². The van der Waals surface area contributed by atoms with E-state index in [-0.39, 0.29) is 24.8 Å². The molecular weight excluding hydrogens is 364 g/mol. The van der Waals surface area contributed by atoms with Gasteiger partial charge in [-0.05, 0) is 40.9 Å². The molecule has 0 spiro atoms. The third-order valence-electron chi connectivity index (χ3n) is 4.55. The Morgan fingerprint density at radius 1 is 1.35 bits per heavy atom. The van der Waals surface area contributed by atoms with Crippen LogP contribution in [0.15, 0.2) is 28.7 Å². The van der Waals surface area contributed by atoms with Crippen LogP contribution >= 0.6 is 15.9 Å². The van der Waals surface area contributed by atoms with Crippen LogP contribution in [0.5, 0.6) is 0 Å². The molecule has 122 valence electrons. The summed E-state index contributed by atoms with van der Waals surface area (Å²) in [5, 5.41) is 11.8. The topological polar surface area (TPSA) is 86.7 Å². The fraction of sp³-hybridized carbons (Fsp3) is 0.438. The highest BCUT2D eigenvalue weighted by Gasteiger charge is 2.50. The van der Waals surface area contributed by atoms with Gasteiger partial charge in [-0.2, -0.15) is 0 Å². The number of carboxylic acid groups (broad SMARTS) is 1. The van der Waals surface area contributed by atoms with E-state index in [4.69, 9.17) is 5.11 Å². The third kappa shape index (κ3) is 3.10. The average Bonchev–Trinajstić information content (AvgIpc) is 3.22. The Bertz CT molecular complexity index is 672. The Kier molecular flexibility index (Phi) is 4.14. The molecule has 0 bridgehead atoms. The number of amides is 2. The number of hydrogen-bond acceptors (Lipinski definition) is 3. The highest BCUT2D eigenvalue weighted by atomic mass is 79.9. The molecule has 0 radical (unpaired) electrons. The van der Waals surface area contributed by atoms with Crippen LogP contribution in [-0.4, -0.2) is 36.0 Å². The van der Waals surface area contributed by atoms with Crippen molar-refractivity contribution in [1.82, 2.24) is 5.32 Å². The summed E-state index contributed by atoms with van der Waals surface area (Å²) in [4.78, 5) is 37.2. The highest BCUT2D eigenvalue weighted by Crippen LogP contribution is 2.45. The van der Waals surface area contributed by atoms with Gasteiger partial charge in [0.1, 0.15) is 0 Å². The van der Waals surface area contributed by atoms with E-state index in [0.717, 1.165) is 10.2 Å². The predicted molar refractivity (Wildman–Crippen MR) is 86.9 cm³/mol. The lowest BCUT2D eigenvalue weighted by Crippen LogP contribution is -2.38. The Balaban J connectivity index is 1.62. The molecule has 1 aromatic carbocycles. The largest absolute Gasteiger partial charge is 0.481 e. The zero-order valence-corrected chi connectivity index (χ0v) is 14.0. The van der Waals surface area contributed by atoms with Gasteiger partial charge in [-0.15, -0.1) is 0 Å². The molecule has 3 rings (SSSR count). The number of rotatable bonds is 5. The van der Waals surface area contributed by atoms with Gasteiger partial charge in [-0.25, -0.2) is 0 Å². The second kappa shape index (κ2) is 5.96. The van der Waals surface area contributed by atoms with Crippen LogP contribution in [0.1, 0.15) is 19.3 Å². The van der Waals surface area contributed by atoms with Gasteiger partial charge in [0.15, 0.2) is 0 Å². The number of anilines is 1. The summed E-state index contributed by atoms with van der Waals surface area (Å²) in [6.07, 6.45) is 1.33. The lowest BCUT2D eigenvalue weighted by atomic mass is 10.1. The standard InChI is InChI=1S/C16H17BrN2O4/c17-11-3-1-2-4-12(11)19-8-10(7-13(19)20)14(21)18-9-16(5-6-16)15(22)23/h1-4,10H,5-9H2,(H,18,21)(H,22,23). The maximum absolute atomic E-state index is 12.3. The lowest BCUT2D eigenvalue weighted by molar-refractivity contribution is -0.143. The molecule has 2 aliphatic rings. The fourth-order valence-electron chi connectivity index (χ4n) is 2.80. The predicted octanol–water partition coefficient (Wildman–Crippen LogP) is 1.78. The summed E-state index contributed by atoms with van der Waals surface area (Å²) >= 11 is 3.41. The SMILES string of the molecule is O=C(NCC1(C(=O)O)CC1)C1CC(=O)N(c2ccccc2Br)C1. The summed E-state index contributed by atoms with van der Waals surface area (Å²) in [6.45, 7) is 0.453. The van der Waals surface area contributed by atoms with Crippen molar-refractivity contribution in [1.29, 1.82) is 0 Å². The van der Waals surface area contributed by atoms with Crippen molar-refractivity contribution in [3.05, 3.63) is 28.7 Å². The molecule has 1 aliphatic heterocycles. The van der Waals surface area contributed by atoms with Crippen LogP contribution in [0, 0.1) is 11.3 Å². The summed E-state index contributed by atoms with van der Waals surface area (Å²) in [6, 6.07) is 7.37. The molecular formula is C16H17BrN2O4. The molecule has 1 saturated heterocycles. The minimum atomic E-state index is -0.866. The monoisotopic (exact) mass is 380 g/mol. The molecule has 6 nitrogen and oxygen atoms in total. The number of halogens is 1. The zero-order chi connectivity index (χ0) is 16.6. The number of carbonyl (C=O) groups is 3. The fourth-order valence-corrected chi connectivity index (χ4v) is 3.30. The van der Waals surface area contributed by atoms with E-state index < -0.39 is 17.3 Å². The van der Waals surface area contributed by atoms with E-state index in [0.29, 0.717) is 19.4 Å². The van der Waals surface area contributed by atoms with Gasteiger partial charge in [0.25, 0.3) is 0 Å². The number of nitrogens with one attached hydrogen (secondary N) is 1. The van der Waals surface area contributed by atoms with Gasteiger partial charge in [-0.1, -0.05) is 12.1 Å². The molecule has 2 fully saturated rings. The lowest BCUT2D eigenvalue weighted by Gasteiger charge is -2.18. The van der Waals surface area contributed by atoms with Crippen LogP contribution in [0.4, 0.5) is 5.69 Å². The van der Waals surface area contributed by atoms with Gasteiger partial charge in [0.05, 0.1) is 17.0 Å². The van der Waals surface area contributed by atoms with Crippen LogP contribution < -0.4 is 10.2 Å². The summed E-state index contributed by atoms with van der Waals surface area (Å²) < 4.78 is 0.803. The molecule has 23 heavy (non-hydrogen) atoms. The normalized spacial score (nSPS) is 22.0. The van der Waals surface area contributed by atoms with Crippen molar-refractivity contribution in [2.75, 3.05) is 18.0 Å². The zero-order valence-electron chi connectivity index (χ0n) is 12.4. The van der Waals surface area contributed by atoms with Crippen molar-refractivity contribution in [3.63, 3.8) is 0 Å². The number of carboxylic acids is 1. The molecule has 0 aromatic heterocycles. The van der Waals surface area contributed by atoms with Crippen LogP contribution in [-0.2, 0) is 14.4 Å². The molecule has 2 N–H and O–H groups in total. The van der Waals surface area contributed by atoms with E-state index in [1.165, 1.54) is 0 Å². The maximum Gasteiger partial charge on any atom is 0.311 e. The quantitative estimate of drug-likeness (QED) is 0.814. The van der Waals surface area contributed by atoms with Gasteiger partial charge in [0, 0.05) is 24.0 Å². The minimum Gasteiger partial charge on any atom is -0.481 e. The smallest absolute Gasteiger partial charge is 0.311 e. The first kappa shape index (κ1) is 16.0. The Morgan fingerprint density at radius 3 is 2.65 bits per heavy atom. The molecule has 1 aromatic rings. The first-order valence-corrected chi connectivity index (χ1v) is 8.28. The van der Waals surface area contributed by atoms with E-state index in [9.17, 15) is 14.4 Å². The molecule has 2 amide bonds. The van der Waals surface area contributed by atoms with Crippen LogP contribution in [0.2, 0.25) is 0 Å². The van der Waals surface area contributed by atoms with Crippen molar-refractivity contribution < 1.29 is 19.5 Å². The molecule has 1 heterocycles.